The molecule has 1 aliphatic carbocycles. The minimum absolute atomic E-state index is 0.0344. The largest absolute Gasteiger partial charge is 0.352 e. The van der Waals surface area contributed by atoms with Crippen molar-refractivity contribution in [2.75, 3.05) is 0 Å². The van der Waals surface area contributed by atoms with Crippen LogP contribution < -0.4 is 5.32 Å². The molecule has 6 heteroatoms. The van der Waals surface area contributed by atoms with Crippen LogP contribution >= 0.6 is 23.4 Å². The SMILES string of the molecule is O=C(NC1CC1)C(Sc1nc2ccc(Cl)cc2[nH]1)c1ccccc1. The molecule has 1 atom stereocenters. The van der Waals surface area contributed by atoms with E-state index in [4.69, 9.17) is 11.6 Å². The number of carbonyl (C=O) groups is 1. The third-order valence-corrected chi connectivity index (χ3v) is 5.29. The van der Waals surface area contributed by atoms with Crippen LogP contribution in [0.25, 0.3) is 11.0 Å². The first kappa shape index (κ1) is 15.5. The second-order valence-corrected chi connectivity index (χ2v) is 7.43. The van der Waals surface area contributed by atoms with Crippen molar-refractivity contribution in [2.24, 2.45) is 0 Å². The Morgan fingerprint density at radius 1 is 1.25 bits per heavy atom. The van der Waals surface area contributed by atoms with E-state index in [9.17, 15) is 4.79 Å². The van der Waals surface area contributed by atoms with Crippen LogP contribution in [-0.2, 0) is 4.79 Å². The monoisotopic (exact) mass is 357 g/mol. The molecule has 0 bridgehead atoms. The van der Waals surface area contributed by atoms with Crippen LogP contribution in [0.15, 0.2) is 53.7 Å². The van der Waals surface area contributed by atoms with Crippen LogP contribution in [0.2, 0.25) is 5.02 Å². The smallest absolute Gasteiger partial charge is 0.238 e. The number of benzene rings is 2. The van der Waals surface area contributed by atoms with Gasteiger partial charge in [-0.15, -0.1) is 0 Å². The summed E-state index contributed by atoms with van der Waals surface area (Å²) in [5.41, 5.74) is 2.69. The highest BCUT2D eigenvalue weighted by Crippen LogP contribution is 2.36. The van der Waals surface area contributed by atoms with E-state index in [0.717, 1.165) is 29.4 Å². The van der Waals surface area contributed by atoms with Crippen molar-refractivity contribution in [1.29, 1.82) is 0 Å². The van der Waals surface area contributed by atoms with Crippen molar-refractivity contribution < 1.29 is 4.79 Å². The van der Waals surface area contributed by atoms with Gasteiger partial charge in [0.15, 0.2) is 5.16 Å². The number of H-pyrrole nitrogens is 1. The number of fused-ring (bicyclic) bond motifs is 1. The summed E-state index contributed by atoms with van der Waals surface area (Å²) in [5, 5.41) is 4.14. The zero-order chi connectivity index (χ0) is 16.5. The molecule has 1 aliphatic rings. The molecule has 1 fully saturated rings. The molecule has 1 saturated carbocycles. The van der Waals surface area contributed by atoms with E-state index in [2.05, 4.69) is 15.3 Å². The van der Waals surface area contributed by atoms with Crippen molar-refractivity contribution in [1.82, 2.24) is 15.3 Å². The minimum Gasteiger partial charge on any atom is -0.352 e. The predicted octanol–water partition coefficient (Wildman–Crippen LogP) is 4.33. The third-order valence-electron chi connectivity index (χ3n) is 3.92. The molecule has 0 spiro atoms. The Hall–Kier alpha value is -1.98. The molecule has 1 heterocycles. The summed E-state index contributed by atoms with van der Waals surface area (Å²) in [4.78, 5) is 20.5. The summed E-state index contributed by atoms with van der Waals surface area (Å²) < 4.78 is 0. The Morgan fingerprint density at radius 2 is 2.04 bits per heavy atom. The highest BCUT2D eigenvalue weighted by molar-refractivity contribution is 8.00. The average Bonchev–Trinajstić information content (AvgIpc) is 3.30. The number of carbonyl (C=O) groups excluding carboxylic acids is 1. The van der Waals surface area contributed by atoms with E-state index < -0.39 is 0 Å². The molecule has 2 aromatic carbocycles. The van der Waals surface area contributed by atoms with E-state index >= 15 is 0 Å². The molecule has 3 aromatic rings. The molecule has 24 heavy (non-hydrogen) atoms. The molecule has 2 N–H and O–H groups in total. The minimum atomic E-state index is -0.331. The number of aromatic nitrogens is 2. The predicted molar refractivity (Wildman–Crippen MR) is 97.3 cm³/mol. The number of thioether (sulfide) groups is 1. The Labute approximate surface area is 149 Å². The van der Waals surface area contributed by atoms with Crippen molar-refractivity contribution in [3.8, 4) is 0 Å². The molecule has 0 saturated heterocycles. The maximum Gasteiger partial charge on any atom is 0.238 e. The number of hydrogen-bond acceptors (Lipinski definition) is 3. The zero-order valence-electron chi connectivity index (χ0n) is 12.8. The molecule has 0 radical (unpaired) electrons. The van der Waals surface area contributed by atoms with Gasteiger partial charge in [0.1, 0.15) is 5.25 Å². The topological polar surface area (TPSA) is 57.8 Å². The summed E-state index contributed by atoms with van der Waals surface area (Å²) >= 11 is 7.46. The van der Waals surface area contributed by atoms with Crippen molar-refractivity contribution >= 4 is 40.3 Å². The summed E-state index contributed by atoms with van der Waals surface area (Å²) in [6, 6.07) is 15.7. The van der Waals surface area contributed by atoms with Gasteiger partial charge in [-0.05, 0) is 36.6 Å². The van der Waals surface area contributed by atoms with Gasteiger partial charge in [0.2, 0.25) is 5.91 Å². The van der Waals surface area contributed by atoms with Crippen LogP contribution in [0.3, 0.4) is 0 Å². The lowest BCUT2D eigenvalue weighted by atomic mass is 10.1. The van der Waals surface area contributed by atoms with E-state index in [1.54, 1.807) is 0 Å². The molecule has 4 nitrogen and oxygen atoms in total. The Bertz CT molecular complexity index is 876. The molecule has 122 valence electrons. The van der Waals surface area contributed by atoms with E-state index in [1.807, 2.05) is 48.5 Å². The van der Waals surface area contributed by atoms with Gasteiger partial charge in [-0.3, -0.25) is 4.79 Å². The van der Waals surface area contributed by atoms with E-state index in [0.29, 0.717) is 16.2 Å². The van der Waals surface area contributed by atoms with Crippen LogP contribution in [0.5, 0.6) is 0 Å². The first-order valence-corrected chi connectivity index (χ1v) is 9.12. The second-order valence-electron chi connectivity index (χ2n) is 5.89. The van der Waals surface area contributed by atoms with Gasteiger partial charge in [0, 0.05) is 11.1 Å². The van der Waals surface area contributed by atoms with Crippen molar-refractivity contribution in [3.05, 3.63) is 59.1 Å². The highest BCUT2D eigenvalue weighted by atomic mass is 35.5. The Morgan fingerprint density at radius 3 is 2.79 bits per heavy atom. The van der Waals surface area contributed by atoms with Gasteiger partial charge in [0.05, 0.1) is 11.0 Å². The molecular formula is C18H16ClN3OS. The zero-order valence-corrected chi connectivity index (χ0v) is 14.4. The van der Waals surface area contributed by atoms with Crippen LogP contribution in [0.4, 0.5) is 0 Å². The number of hydrogen-bond donors (Lipinski definition) is 2. The lowest BCUT2D eigenvalue weighted by Gasteiger charge is -2.15. The van der Waals surface area contributed by atoms with E-state index in [1.165, 1.54) is 11.8 Å². The van der Waals surface area contributed by atoms with Gasteiger partial charge in [-0.2, -0.15) is 0 Å². The molecule has 1 aromatic heterocycles. The third kappa shape index (κ3) is 3.42. The number of amides is 1. The molecule has 0 aliphatic heterocycles. The summed E-state index contributed by atoms with van der Waals surface area (Å²) in [7, 11) is 0. The number of halogens is 1. The van der Waals surface area contributed by atoms with Gasteiger partial charge in [-0.1, -0.05) is 53.7 Å². The van der Waals surface area contributed by atoms with Crippen LogP contribution in [0, 0.1) is 0 Å². The van der Waals surface area contributed by atoms with Crippen LogP contribution in [0.1, 0.15) is 23.7 Å². The number of nitrogens with one attached hydrogen (secondary N) is 2. The van der Waals surface area contributed by atoms with Gasteiger partial charge >= 0.3 is 0 Å². The Kier molecular flexibility index (Phi) is 4.21. The lowest BCUT2D eigenvalue weighted by molar-refractivity contribution is -0.120. The van der Waals surface area contributed by atoms with Gasteiger partial charge < -0.3 is 10.3 Å². The number of imidazole rings is 1. The molecule has 4 rings (SSSR count). The van der Waals surface area contributed by atoms with Crippen LogP contribution in [-0.4, -0.2) is 21.9 Å². The first-order chi connectivity index (χ1) is 11.7. The standard InChI is InChI=1S/C18H16ClN3OS/c19-12-6-9-14-15(10-12)22-18(21-14)24-16(11-4-2-1-3-5-11)17(23)20-13-7-8-13/h1-6,9-10,13,16H,7-8H2,(H,20,23)(H,21,22). The number of nitrogens with zero attached hydrogens (tertiary/aromatic N) is 1. The number of rotatable bonds is 5. The Balaban J connectivity index is 1.63. The molecular weight excluding hydrogens is 342 g/mol. The van der Waals surface area contributed by atoms with E-state index in [-0.39, 0.29) is 11.2 Å². The highest BCUT2D eigenvalue weighted by Gasteiger charge is 2.29. The van der Waals surface area contributed by atoms with Gasteiger partial charge in [0.25, 0.3) is 0 Å². The maximum absolute atomic E-state index is 12.7. The molecule has 1 unspecified atom stereocenters. The second kappa shape index (κ2) is 6.49. The molecule has 1 amide bonds. The summed E-state index contributed by atoms with van der Waals surface area (Å²) in [6.07, 6.45) is 2.14. The fourth-order valence-corrected chi connectivity index (χ4v) is 3.71. The quantitative estimate of drug-likeness (QED) is 0.668. The fourth-order valence-electron chi connectivity index (χ4n) is 2.53. The van der Waals surface area contributed by atoms with Gasteiger partial charge in [-0.25, -0.2) is 4.98 Å². The van der Waals surface area contributed by atoms with Crippen molar-refractivity contribution in [2.45, 2.75) is 29.3 Å². The number of aromatic amines is 1. The first-order valence-electron chi connectivity index (χ1n) is 7.86. The summed E-state index contributed by atoms with van der Waals surface area (Å²) in [6.45, 7) is 0. The fraction of sp³-hybridized carbons (Fsp3) is 0.222. The average molecular weight is 358 g/mol. The normalized spacial score (nSPS) is 15.4. The van der Waals surface area contributed by atoms with Crippen molar-refractivity contribution in [3.63, 3.8) is 0 Å². The maximum atomic E-state index is 12.7. The lowest BCUT2D eigenvalue weighted by Crippen LogP contribution is -2.29. The summed E-state index contributed by atoms with van der Waals surface area (Å²) in [5.74, 6) is 0.0344.